The Hall–Kier alpha value is -13.6. The molecule has 12 nitrogen and oxygen atoms in total. The standard InChI is InChI=1S/C46H40N4.2C44H44N4.3Pt/c1-31-26-32(2)50(48-31)39-19-13-18-36(28-39)46(5,6)37-21-22-40-41-27-34(33-14-9-7-10-15-33)20-23-42(41)49(43(40)29-37)44-30-38(24-25-47-44)45(3,4)35-16-11-8-12-17-35;1-29-24-30(2)48(46-29)36-17-13-16-33(25-36)44(8,9)35-18-20-37-38-26-34(43(6,7)31-14-11-10-12-15-31)19-21-39(38)47(40(37)27-35)41-28-32(22-23-45-41)42(3,4)5;1-29-24-30(2)48(46-29)36-17-13-16-33(25-36)44(8,9)34-18-20-37-38-26-32(42(3,4)5)19-21-39(38)47(40(37)27-34)41-28-35(22-23-45-41)43(6,7)31-14-11-10-12-15-31;;;/h7-27,30H,1-6H3;2*10-24,26,28H,1-9H3;;;/q3*-2;3*+2/i3*1D3;;;. The van der Waals surface area contributed by atoms with Gasteiger partial charge in [-0.1, -0.05) is 299 Å². The van der Waals surface area contributed by atoms with E-state index in [2.05, 4.69) is 451 Å². The molecule has 0 radical (unpaired) electrons. The van der Waals surface area contributed by atoms with Crippen LogP contribution in [0.3, 0.4) is 0 Å². The molecule has 9 heterocycles. The van der Waals surface area contributed by atoms with Crippen LogP contribution >= 0.6 is 0 Å². The minimum absolute atomic E-state index is 0. The van der Waals surface area contributed by atoms with Gasteiger partial charge in [-0.05, 0) is 230 Å². The van der Waals surface area contributed by atoms with Crippen molar-refractivity contribution in [3.8, 4) is 45.6 Å². The minimum atomic E-state index is -2.29. The van der Waals surface area contributed by atoms with Gasteiger partial charge in [-0.15, -0.1) is 34.4 Å². The molecular weight excluding hydrogens is 2360 g/mol. The summed E-state index contributed by atoms with van der Waals surface area (Å²) in [6, 6.07) is 134. The van der Waals surface area contributed by atoms with Crippen LogP contribution in [0.2, 0.25) is 0 Å². The number of pyridine rings is 3. The van der Waals surface area contributed by atoms with Crippen LogP contribution in [0, 0.1) is 77.7 Å². The zero-order valence-electron chi connectivity index (χ0n) is 97.1. The molecule has 0 amide bonds. The van der Waals surface area contributed by atoms with Crippen LogP contribution in [0.4, 0.5) is 0 Å². The third-order valence-electron chi connectivity index (χ3n) is 30.2. The number of benzene rings is 13. The zero-order valence-corrected chi connectivity index (χ0v) is 95.0. The second-order valence-electron chi connectivity index (χ2n) is 44.1. The van der Waals surface area contributed by atoms with E-state index in [1.807, 2.05) is 81.8 Å². The molecule has 22 rings (SSSR count). The van der Waals surface area contributed by atoms with Crippen molar-refractivity contribution in [3.05, 3.63) is 489 Å². The van der Waals surface area contributed by atoms with Gasteiger partial charge in [0.1, 0.15) is 17.5 Å². The average molecular weight is 2500 g/mol. The Balaban J connectivity index is 0.000000158. The molecule has 149 heavy (non-hydrogen) atoms. The van der Waals surface area contributed by atoms with Gasteiger partial charge in [-0.3, -0.25) is 14.0 Å². The number of rotatable bonds is 19. The molecule has 0 bridgehead atoms. The van der Waals surface area contributed by atoms with Gasteiger partial charge in [-0.2, -0.15) is 158 Å². The van der Waals surface area contributed by atoms with Crippen LogP contribution in [-0.4, -0.2) is 58.0 Å². The Bertz CT molecular complexity index is 9100. The Kier molecular flexibility index (Phi) is 26.4. The van der Waals surface area contributed by atoms with Crippen molar-refractivity contribution in [1.29, 1.82) is 0 Å². The van der Waals surface area contributed by atoms with Crippen LogP contribution < -0.4 is 0 Å². The Labute approximate surface area is 935 Å². The number of aromatic nitrogens is 12. The summed E-state index contributed by atoms with van der Waals surface area (Å²) in [6.07, 6.45) is 5.73. The third kappa shape index (κ3) is 20.3. The molecule has 0 atom stereocenters. The molecule has 0 N–H and O–H groups in total. The number of hydrogen-bond donors (Lipinski definition) is 0. The van der Waals surface area contributed by atoms with Crippen molar-refractivity contribution in [2.75, 3.05) is 0 Å². The van der Waals surface area contributed by atoms with Crippen LogP contribution in [-0.2, 0) is 107 Å². The molecule has 0 fully saturated rings. The van der Waals surface area contributed by atoms with E-state index >= 15 is 0 Å². The summed E-state index contributed by atoms with van der Waals surface area (Å²) in [5.41, 5.74) is 26.3. The fraction of sp³-hybridized carbons (Fsp3) is 0.239. The number of nitrogens with zero attached hydrogens (tertiary/aromatic N) is 12. The number of fused-ring (bicyclic) bond motifs is 9. The van der Waals surface area contributed by atoms with E-state index in [1.165, 1.54) is 49.9 Å². The first-order valence-electron chi connectivity index (χ1n) is 54.7. The predicted octanol–water partition coefficient (Wildman–Crippen LogP) is 32.0. The SMILES string of the molecule is [2H]C([2H])([2H])c1cc(C)n(-c2[c-]c(C(C)(C)c3[c-]c4c(cc3)c3cc(-c5ccccc5)ccc3n4-c3cc(C(C)(C)c4ccccc4)ccn3)ccc2)n1.[2H]C([2H])([2H])c1cc(C)n(-c2[c-]c(C(C)(C)c3[c-]c4c(cc3)c3cc(C(C)(C)C)ccc3n4-c3cc(C(C)(C)c4ccccc4)ccn3)ccc2)n1.[2H]C([2H])([2H])c1cc(C)n(-c2[c-]c(C(C)(C)c3[c-]c4c(cc3)c3cc(C(C)(C)c5ccccc5)ccc3n4-c3cc(C(C)(C)C)ccn3)ccc2)n1.[Pt+2].[Pt+2].[Pt+2]. The van der Waals surface area contributed by atoms with Crippen molar-refractivity contribution in [1.82, 2.24) is 58.0 Å². The first kappa shape index (κ1) is 95.1. The van der Waals surface area contributed by atoms with Crippen molar-refractivity contribution >= 4 is 65.4 Å². The van der Waals surface area contributed by atoms with Gasteiger partial charge in [-0.25, -0.2) is 15.0 Å². The fourth-order valence-electron chi connectivity index (χ4n) is 20.7. The van der Waals surface area contributed by atoms with Crippen molar-refractivity contribution in [3.63, 3.8) is 0 Å². The summed E-state index contributed by atoms with van der Waals surface area (Å²) in [5.74, 6) is 2.54. The summed E-state index contributed by atoms with van der Waals surface area (Å²) >= 11 is 0. The van der Waals surface area contributed by atoms with Gasteiger partial charge in [0.15, 0.2) is 0 Å². The van der Waals surface area contributed by atoms with Crippen LogP contribution in [0.15, 0.2) is 340 Å². The summed E-state index contributed by atoms with van der Waals surface area (Å²) in [4.78, 5) is 14.9. The molecule has 0 saturated carbocycles. The van der Waals surface area contributed by atoms with E-state index in [9.17, 15) is 0 Å². The molecular formula is C134H128N12Pt3. The predicted molar refractivity (Wildman–Crippen MR) is 603 cm³/mol. The Morgan fingerprint density at radius 3 is 0.839 bits per heavy atom. The molecule has 0 aliphatic carbocycles. The monoisotopic (exact) mass is 2500 g/mol. The Morgan fingerprint density at radius 2 is 0.510 bits per heavy atom. The molecule has 9 aromatic heterocycles. The van der Waals surface area contributed by atoms with E-state index in [0.29, 0.717) is 17.1 Å². The summed E-state index contributed by atoms with van der Waals surface area (Å²) < 4.78 is 82.4. The van der Waals surface area contributed by atoms with Gasteiger partial charge >= 0.3 is 63.2 Å². The van der Waals surface area contributed by atoms with Gasteiger partial charge in [0, 0.05) is 80.8 Å². The maximum atomic E-state index is 7.86. The van der Waals surface area contributed by atoms with Crippen LogP contribution in [0.25, 0.3) is 111 Å². The van der Waals surface area contributed by atoms with Crippen LogP contribution in [0.5, 0.6) is 0 Å². The van der Waals surface area contributed by atoms with Crippen LogP contribution in [0.1, 0.15) is 249 Å². The second-order valence-corrected chi connectivity index (χ2v) is 44.1. The quantitative estimate of drug-likeness (QED) is 0.0747. The molecule has 754 valence electrons. The van der Waals surface area contributed by atoms with Crippen molar-refractivity contribution in [2.24, 2.45) is 0 Å². The molecule has 0 aliphatic rings. The van der Waals surface area contributed by atoms with E-state index < -0.39 is 36.8 Å². The largest absolute Gasteiger partial charge is 2.00 e. The Morgan fingerprint density at radius 1 is 0.228 bits per heavy atom. The van der Waals surface area contributed by atoms with E-state index in [0.717, 1.165) is 139 Å². The minimum Gasteiger partial charge on any atom is -0.319 e. The van der Waals surface area contributed by atoms with E-state index in [4.69, 9.17) is 27.3 Å². The van der Waals surface area contributed by atoms with Gasteiger partial charge in [0.2, 0.25) is 0 Å². The molecule has 13 aromatic carbocycles. The van der Waals surface area contributed by atoms with Gasteiger partial charge < -0.3 is 13.7 Å². The topological polar surface area (TPSA) is 107 Å². The zero-order chi connectivity index (χ0) is 110. The third-order valence-corrected chi connectivity index (χ3v) is 30.2. The fourth-order valence-corrected chi connectivity index (χ4v) is 20.7. The van der Waals surface area contributed by atoms with E-state index in [1.54, 1.807) is 32.2 Å². The molecule has 15 heteroatoms. The maximum absolute atomic E-state index is 7.86. The molecule has 0 saturated heterocycles. The van der Waals surface area contributed by atoms with E-state index in [-0.39, 0.29) is 107 Å². The first-order valence-corrected chi connectivity index (χ1v) is 50.2. The first-order chi connectivity index (χ1) is 73.2. The van der Waals surface area contributed by atoms with Gasteiger partial charge in [0.05, 0.1) is 17.1 Å². The summed E-state index contributed by atoms with van der Waals surface area (Å²) in [7, 11) is 0. The smallest absolute Gasteiger partial charge is 0.319 e. The summed E-state index contributed by atoms with van der Waals surface area (Å²) in [5, 5.41) is 20.1. The van der Waals surface area contributed by atoms with Crippen molar-refractivity contribution < 1.29 is 75.5 Å². The molecule has 0 spiro atoms. The number of aryl methyl sites for hydroxylation is 6. The number of hydrogen-bond acceptors (Lipinski definition) is 6. The molecule has 0 aliphatic heterocycles. The molecule has 0 unspecified atom stereocenters. The second kappa shape index (κ2) is 41.4. The normalized spacial score (nSPS) is 13.4. The average Bonchev–Trinajstić information content (AvgIpc) is 1.58. The summed E-state index contributed by atoms with van der Waals surface area (Å²) in [6.45, 7) is 38.8. The maximum Gasteiger partial charge on any atom is 2.00 e. The van der Waals surface area contributed by atoms with Crippen molar-refractivity contribution in [2.45, 2.75) is 209 Å². The van der Waals surface area contributed by atoms with Gasteiger partial charge in [0.25, 0.3) is 0 Å². The molecule has 22 aromatic rings.